The molecule has 0 saturated carbocycles. The molecular formula is C19H22N2O2S. The molecule has 3 heterocycles. The molecule has 24 heavy (non-hydrogen) atoms. The fraction of sp³-hybridized carbons (Fsp3) is 0.421. The van der Waals surface area contributed by atoms with Gasteiger partial charge in [0.2, 0.25) is 5.91 Å². The highest BCUT2D eigenvalue weighted by Gasteiger charge is 2.24. The molecular weight excluding hydrogens is 320 g/mol. The molecule has 0 bridgehead atoms. The summed E-state index contributed by atoms with van der Waals surface area (Å²) in [5, 5.41) is 2.11. The quantitative estimate of drug-likeness (QED) is 0.858. The Morgan fingerprint density at radius 3 is 3.04 bits per heavy atom. The summed E-state index contributed by atoms with van der Waals surface area (Å²) >= 11 is 1.77. The lowest BCUT2D eigenvalue weighted by Gasteiger charge is -2.33. The van der Waals surface area contributed by atoms with Gasteiger partial charge >= 0.3 is 0 Å². The Bertz CT molecular complexity index is 729. The van der Waals surface area contributed by atoms with Crippen molar-refractivity contribution in [1.29, 1.82) is 0 Å². The predicted octanol–water partition coefficient (Wildman–Crippen LogP) is 3.23. The Balaban J connectivity index is 1.46. The molecule has 1 fully saturated rings. The molecule has 0 spiro atoms. The Hall–Kier alpha value is -1.69. The summed E-state index contributed by atoms with van der Waals surface area (Å²) in [6.07, 6.45) is 1.67. The van der Waals surface area contributed by atoms with Gasteiger partial charge in [0.05, 0.1) is 6.61 Å². The van der Waals surface area contributed by atoms with Crippen LogP contribution in [0, 0.1) is 0 Å². The van der Waals surface area contributed by atoms with Crippen LogP contribution >= 0.6 is 11.3 Å². The molecule has 1 atom stereocenters. The molecule has 126 valence electrons. The van der Waals surface area contributed by atoms with Crippen LogP contribution in [-0.4, -0.2) is 37.6 Å². The van der Waals surface area contributed by atoms with Crippen molar-refractivity contribution < 1.29 is 9.53 Å². The number of fused-ring (bicyclic) bond motifs is 1. The van der Waals surface area contributed by atoms with Crippen LogP contribution in [0.4, 0.5) is 5.69 Å². The maximum Gasteiger partial charge on any atom is 0.227 e. The molecule has 1 unspecified atom stereocenters. The fourth-order valence-electron chi connectivity index (χ4n) is 3.56. The average molecular weight is 342 g/mol. The van der Waals surface area contributed by atoms with E-state index in [-0.39, 0.29) is 12.0 Å². The highest BCUT2D eigenvalue weighted by molar-refractivity contribution is 7.10. The third-order valence-corrected chi connectivity index (χ3v) is 5.87. The van der Waals surface area contributed by atoms with Crippen LogP contribution in [0.25, 0.3) is 0 Å². The van der Waals surface area contributed by atoms with E-state index in [1.807, 2.05) is 7.05 Å². The summed E-state index contributed by atoms with van der Waals surface area (Å²) in [5.74, 6) is 0.210. The second-order valence-electron chi connectivity index (χ2n) is 6.53. The lowest BCUT2D eigenvalue weighted by atomic mass is 9.99. The van der Waals surface area contributed by atoms with Crippen LogP contribution in [0.2, 0.25) is 0 Å². The molecule has 1 aromatic carbocycles. The topological polar surface area (TPSA) is 32.8 Å². The van der Waals surface area contributed by atoms with Crippen molar-refractivity contribution in [2.45, 2.75) is 25.5 Å². The van der Waals surface area contributed by atoms with E-state index in [1.54, 1.807) is 16.2 Å². The number of nitrogens with zero attached hydrogens (tertiary/aromatic N) is 2. The molecule has 1 saturated heterocycles. The third kappa shape index (κ3) is 3.11. The van der Waals surface area contributed by atoms with Gasteiger partial charge in [0.1, 0.15) is 6.10 Å². The van der Waals surface area contributed by atoms with Gasteiger partial charge < -0.3 is 9.64 Å². The zero-order valence-corrected chi connectivity index (χ0v) is 14.7. The number of hydrogen-bond donors (Lipinski definition) is 0. The highest BCUT2D eigenvalue weighted by Crippen LogP contribution is 2.30. The smallest absolute Gasteiger partial charge is 0.227 e. The van der Waals surface area contributed by atoms with Crippen LogP contribution in [0.5, 0.6) is 0 Å². The minimum absolute atomic E-state index is 0.195. The van der Waals surface area contributed by atoms with Gasteiger partial charge in [-0.05, 0) is 35.1 Å². The molecule has 0 aliphatic carbocycles. The third-order valence-electron chi connectivity index (χ3n) is 4.90. The second kappa shape index (κ2) is 6.67. The van der Waals surface area contributed by atoms with Gasteiger partial charge in [-0.25, -0.2) is 0 Å². The SMILES string of the molecule is CN1C(=O)CCc2cc(CN3CCOC(c4cccs4)C3)ccc21. The van der Waals surface area contributed by atoms with Crippen molar-refractivity contribution in [1.82, 2.24) is 4.90 Å². The van der Waals surface area contributed by atoms with Gasteiger partial charge in [0.25, 0.3) is 0 Å². The van der Waals surface area contributed by atoms with Crippen molar-refractivity contribution >= 4 is 22.9 Å². The monoisotopic (exact) mass is 342 g/mol. The Morgan fingerprint density at radius 2 is 2.21 bits per heavy atom. The number of amides is 1. The van der Waals surface area contributed by atoms with Gasteiger partial charge in [0, 0.05) is 43.7 Å². The lowest BCUT2D eigenvalue weighted by Crippen LogP contribution is -2.37. The first kappa shape index (κ1) is 15.8. The molecule has 2 aliphatic heterocycles. The van der Waals surface area contributed by atoms with Gasteiger partial charge in [-0.3, -0.25) is 9.69 Å². The molecule has 0 radical (unpaired) electrons. The van der Waals surface area contributed by atoms with Crippen molar-refractivity contribution in [2.24, 2.45) is 0 Å². The van der Waals surface area contributed by atoms with E-state index in [1.165, 1.54) is 16.0 Å². The first-order valence-corrected chi connectivity index (χ1v) is 9.34. The Labute approximate surface area is 146 Å². The van der Waals surface area contributed by atoms with E-state index in [0.717, 1.165) is 38.3 Å². The number of morpholine rings is 1. The van der Waals surface area contributed by atoms with E-state index >= 15 is 0 Å². The van der Waals surface area contributed by atoms with E-state index in [0.29, 0.717) is 6.42 Å². The fourth-order valence-corrected chi connectivity index (χ4v) is 4.33. The molecule has 1 aromatic heterocycles. The summed E-state index contributed by atoms with van der Waals surface area (Å²) in [5.41, 5.74) is 3.68. The number of carbonyl (C=O) groups excluding carboxylic acids is 1. The van der Waals surface area contributed by atoms with Crippen LogP contribution in [0.15, 0.2) is 35.7 Å². The lowest BCUT2D eigenvalue weighted by molar-refractivity contribution is -0.118. The largest absolute Gasteiger partial charge is 0.370 e. The Kier molecular flexibility index (Phi) is 4.39. The molecule has 2 aromatic rings. The number of thiophene rings is 1. The first-order valence-electron chi connectivity index (χ1n) is 8.46. The van der Waals surface area contributed by atoms with Crippen molar-refractivity contribution in [3.8, 4) is 0 Å². The average Bonchev–Trinajstić information content (AvgIpc) is 3.13. The molecule has 4 rings (SSSR count). The zero-order valence-electron chi connectivity index (χ0n) is 13.9. The van der Waals surface area contributed by atoms with Crippen LogP contribution < -0.4 is 4.90 Å². The number of aryl methyl sites for hydroxylation is 1. The van der Waals surface area contributed by atoms with Gasteiger partial charge in [-0.1, -0.05) is 18.2 Å². The van der Waals surface area contributed by atoms with Gasteiger partial charge in [-0.2, -0.15) is 0 Å². The number of benzene rings is 1. The van der Waals surface area contributed by atoms with Crippen molar-refractivity contribution in [3.63, 3.8) is 0 Å². The van der Waals surface area contributed by atoms with Crippen molar-refractivity contribution in [2.75, 3.05) is 31.6 Å². The number of anilines is 1. The molecule has 4 nitrogen and oxygen atoms in total. The van der Waals surface area contributed by atoms with E-state index in [4.69, 9.17) is 4.74 Å². The maximum absolute atomic E-state index is 11.8. The predicted molar refractivity (Wildman–Crippen MR) is 96.5 cm³/mol. The summed E-state index contributed by atoms with van der Waals surface area (Å²) < 4.78 is 5.93. The zero-order chi connectivity index (χ0) is 16.5. The van der Waals surface area contributed by atoms with Crippen molar-refractivity contribution in [3.05, 3.63) is 51.7 Å². The molecule has 5 heteroatoms. The van der Waals surface area contributed by atoms with Crippen LogP contribution in [0.1, 0.15) is 28.5 Å². The number of ether oxygens (including phenoxy) is 1. The summed E-state index contributed by atoms with van der Waals surface area (Å²) in [6, 6.07) is 10.8. The first-order chi connectivity index (χ1) is 11.7. The Morgan fingerprint density at radius 1 is 1.29 bits per heavy atom. The minimum atomic E-state index is 0.195. The summed E-state index contributed by atoms with van der Waals surface area (Å²) in [6.45, 7) is 3.63. The number of hydrogen-bond acceptors (Lipinski definition) is 4. The molecule has 2 aliphatic rings. The van der Waals surface area contributed by atoms with E-state index < -0.39 is 0 Å². The maximum atomic E-state index is 11.8. The van der Waals surface area contributed by atoms with E-state index in [9.17, 15) is 4.79 Å². The van der Waals surface area contributed by atoms with Crippen LogP contribution in [0.3, 0.4) is 0 Å². The molecule has 1 amide bonds. The minimum Gasteiger partial charge on any atom is -0.370 e. The van der Waals surface area contributed by atoms with Gasteiger partial charge in [-0.15, -0.1) is 11.3 Å². The van der Waals surface area contributed by atoms with Crippen LogP contribution in [-0.2, 0) is 22.5 Å². The van der Waals surface area contributed by atoms with E-state index in [2.05, 4.69) is 40.6 Å². The normalized spacial score (nSPS) is 21.8. The second-order valence-corrected chi connectivity index (χ2v) is 7.51. The number of rotatable bonds is 3. The highest BCUT2D eigenvalue weighted by atomic mass is 32.1. The summed E-state index contributed by atoms with van der Waals surface area (Å²) in [7, 11) is 1.87. The molecule has 0 N–H and O–H groups in total. The van der Waals surface area contributed by atoms with Gasteiger partial charge in [0.15, 0.2) is 0 Å². The number of carbonyl (C=O) groups is 1. The summed E-state index contributed by atoms with van der Waals surface area (Å²) in [4.78, 5) is 17.4. The standard InChI is InChI=1S/C19H22N2O2S/c1-20-16-6-4-14(11-15(16)5-7-19(20)22)12-21-8-9-23-17(13-21)18-3-2-10-24-18/h2-4,6,10-11,17H,5,7-9,12-13H2,1H3.